The van der Waals surface area contributed by atoms with Crippen molar-refractivity contribution in [1.82, 2.24) is 30.2 Å². The number of nitrogens with one attached hydrogen (secondary N) is 3. The third kappa shape index (κ3) is 6.43. The number of nitrogens with zero attached hydrogens (tertiary/aromatic N) is 6. The molecule has 12 nitrogen and oxygen atoms in total. The third-order valence-corrected chi connectivity index (χ3v) is 8.07. The van der Waals surface area contributed by atoms with Crippen molar-refractivity contribution in [3.8, 4) is 0 Å². The second-order valence-electron chi connectivity index (χ2n) is 12.2. The van der Waals surface area contributed by atoms with Gasteiger partial charge in [-0.25, -0.2) is 15.0 Å². The molecule has 3 aromatic rings. The van der Waals surface area contributed by atoms with Gasteiger partial charge in [0.15, 0.2) is 11.6 Å². The summed E-state index contributed by atoms with van der Waals surface area (Å²) in [6.07, 6.45) is 7.62. The van der Waals surface area contributed by atoms with Crippen LogP contribution in [0.4, 0.5) is 23.3 Å². The Kier molecular flexibility index (Phi) is 8.26. The molecule has 12 heteroatoms. The van der Waals surface area contributed by atoms with E-state index in [1.54, 1.807) is 12.1 Å². The number of allylic oxidation sites excluding steroid dienone is 1. The van der Waals surface area contributed by atoms with E-state index in [0.717, 1.165) is 31.5 Å². The van der Waals surface area contributed by atoms with Gasteiger partial charge in [-0.2, -0.15) is 4.98 Å². The van der Waals surface area contributed by atoms with Crippen molar-refractivity contribution in [3.05, 3.63) is 47.4 Å². The first-order valence-corrected chi connectivity index (χ1v) is 14.5. The molecule has 0 saturated carbocycles. The molecule has 1 amide bonds. The van der Waals surface area contributed by atoms with E-state index >= 15 is 0 Å². The van der Waals surface area contributed by atoms with Crippen molar-refractivity contribution in [2.45, 2.75) is 59.4 Å². The summed E-state index contributed by atoms with van der Waals surface area (Å²) in [7, 11) is 0. The van der Waals surface area contributed by atoms with Crippen LogP contribution >= 0.6 is 0 Å². The Hall–Kier alpha value is -4.32. The number of hydrogen-bond acceptors (Lipinski definition) is 11. The third-order valence-electron chi connectivity index (χ3n) is 8.07. The van der Waals surface area contributed by atoms with Gasteiger partial charge in [-0.15, -0.1) is 0 Å². The van der Waals surface area contributed by atoms with Gasteiger partial charge in [-0.1, -0.05) is 26.8 Å². The molecule has 7 N–H and O–H groups in total. The highest BCUT2D eigenvalue weighted by atomic mass is 16.1. The number of nitrogen functional groups attached to an aromatic ring is 1. The smallest absolute Gasteiger partial charge is 0.256 e. The van der Waals surface area contributed by atoms with Crippen LogP contribution in [0, 0.1) is 17.7 Å². The van der Waals surface area contributed by atoms with E-state index in [4.69, 9.17) is 21.9 Å². The Labute approximate surface area is 246 Å². The van der Waals surface area contributed by atoms with Crippen LogP contribution in [0.5, 0.6) is 0 Å². The first kappa shape index (κ1) is 29.2. The summed E-state index contributed by atoms with van der Waals surface area (Å²) in [6.45, 7) is 11.9. The Balaban J connectivity index is 1.36. The number of amidine groups is 1. The molecular weight excluding hydrogens is 530 g/mol. The van der Waals surface area contributed by atoms with Crippen LogP contribution in [0.2, 0.25) is 0 Å². The predicted octanol–water partition coefficient (Wildman–Crippen LogP) is 3.71. The molecule has 2 aromatic heterocycles. The Morgan fingerprint density at radius 3 is 2.48 bits per heavy atom. The maximum Gasteiger partial charge on any atom is 0.256 e. The second-order valence-corrected chi connectivity index (χ2v) is 12.2. The first-order valence-electron chi connectivity index (χ1n) is 14.5. The lowest BCUT2D eigenvalue weighted by Crippen LogP contribution is -2.44. The van der Waals surface area contributed by atoms with Crippen molar-refractivity contribution in [1.29, 1.82) is 5.41 Å². The number of aryl methyl sites for hydroxylation is 1. The number of carbonyl (C=O) groups excluding carboxylic acids is 1. The van der Waals surface area contributed by atoms with Gasteiger partial charge in [0.1, 0.15) is 23.2 Å². The van der Waals surface area contributed by atoms with Gasteiger partial charge >= 0.3 is 0 Å². The van der Waals surface area contributed by atoms with Crippen molar-refractivity contribution < 1.29 is 4.79 Å². The summed E-state index contributed by atoms with van der Waals surface area (Å²) in [4.78, 5) is 36.0. The molecule has 0 spiro atoms. The summed E-state index contributed by atoms with van der Waals surface area (Å²) in [5.74, 6) is 0.849. The molecule has 222 valence electrons. The summed E-state index contributed by atoms with van der Waals surface area (Å²) < 4.78 is 0. The SMILES string of the molecule is Cc1ccc(C(=O)NC(=N)C=C(N)C(C)(C)C)cc1Nc1ncnc2c(N)nc(N3CCC(N4CCCC4)CC3)nc12. The molecule has 0 unspecified atom stereocenters. The quantitative estimate of drug-likeness (QED) is 0.217. The number of likely N-dealkylation sites (tertiary alicyclic amines) is 1. The van der Waals surface area contributed by atoms with Crippen LogP contribution in [0.1, 0.15) is 62.4 Å². The highest BCUT2D eigenvalue weighted by Crippen LogP contribution is 2.30. The lowest BCUT2D eigenvalue weighted by molar-refractivity contribution is 0.0977. The minimum absolute atomic E-state index is 0.0755. The molecule has 1 aromatic carbocycles. The number of nitrogens with two attached hydrogens (primary N) is 2. The normalized spacial score (nSPS) is 17.0. The fourth-order valence-electron chi connectivity index (χ4n) is 5.36. The average Bonchev–Trinajstić information content (AvgIpc) is 3.49. The van der Waals surface area contributed by atoms with Crippen LogP contribution in [0.15, 0.2) is 36.3 Å². The summed E-state index contributed by atoms with van der Waals surface area (Å²) in [6, 6.07) is 5.88. The zero-order chi connectivity index (χ0) is 30.0. The van der Waals surface area contributed by atoms with Crippen LogP contribution in [-0.4, -0.2) is 68.8 Å². The number of hydrogen-bond donors (Lipinski definition) is 5. The van der Waals surface area contributed by atoms with E-state index < -0.39 is 5.91 Å². The van der Waals surface area contributed by atoms with Crippen molar-refractivity contribution >= 4 is 46.0 Å². The summed E-state index contributed by atoms with van der Waals surface area (Å²) in [5, 5.41) is 14.1. The number of piperidine rings is 1. The number of rotatable bonds is 6. The molecule has 2 aliphatic heterocycles. The van der Waals surface area contributed by atoms with Gasteiger partial charge in [-0.3, -0.25) is 10.2 Å². The van der Waals surface area contributed by atoms with E-state index in [2.05, 4.69) is 35.4 Å². The van der Waals surface area contributed by atoms with Gasteiger partial charge in [0.2, 0.25) is 5.95 Å². The molecule has 0 aliphatic carbocycles. The predicted molar refractivity (Wildman–Crippen MR) is 167 cm³/mol. The van der Waals surface area contributed by atoms with Crippen LogP contribution < -0.4 is 27.0 Å². The molecule has 0 atom stereocenters. The molecule has 4 heterocycles. The fourth-order valence-corrected chi connectivity index (χ4v) is 5.36. The van der Waals surface area contributed by atoms with Gasteiger partial charge in [0.25, 0.3) is 5.91 Å². The maximum absolute atomic E-state index is 13.0. The zero-order valence-electron chi connectivity index (χ0n) is 24.9. The lowest BCUT2D eigenvalue weighted by Gasteiger charge is -2.36. The number of aromatic nitrogens is 4. The van der Waals surface area contributed by atoms with Gasteiger partial charge in [0.05, 0.1) is 0 Å². The van der Waals surface area contributed by atoms with Crippen LogP contribution in [0.3, 0.4) is 0 Å². The Morgan fingerprint density at radius 1 is 1.07 bits per heavy atom. The Bertz CT molecular complexity index is 1510. The minimum Gasteiger partial charge on any atom is -0.401 e. The highest BCUT2D eigenvalue weighted by Gasteiger charge is 2.28. The fraction of sp³-hybridized carbons (Fsp3) is 0.467. The van der Waals surface area contributed by atoms with E-state index in [1.165, 1.54) is 38.3 Å². The monoisotopic (exact) mass is 571 g/mol. The highest BCUT2D eigenvalue weighted by molar-refractivity contribution is 6.09. The summed E-state index contributed by atoms with van der Waals surface area (Å²) >= 11 is 0. The second kappa shape index (κ2) is 11.9. The summed E-state index contributed by atoms with van der Waals surface area (Å²) in [5.41, 5.74) is 15.6. The van der Waals surface area contributed by atoms with Gasteiger partial charge in [0, 0.05) is 41.5 Å². The standard InChI is InChI=1S/C30H41N11O/c1-18-7-8-19(28(42)37-23(32)16-22(31)30(2,3)4)15-21(18)36-27-25-24(34-17-35-27)26(33)39-29(38-25)41-13-9-20(10-14-41)40-11-5-6-12-40/h7-8,15-17,20H,5-6,9-14,31H2,1-4H3,(H2,32,37,42)(H2,33,38,39)(H,34,35,36). The molecule has 42 heavy (non-hydrogen) atoms. The maximum atomic E-state index is 13.0. The number of anilines is 4. The van der Waals surface area contributed by atoms with E-state index in [9.17, 15) is 4.79 Å². The van der Waals surface area contributed by atoms with Gasteiger partial charge < -0.3 is 31.9 Å². The molecule has 0 radical (unpaired) electrons. The lowest BCUT2D eigenvalue weighted by atomic mass is 9.92. The van der Waals surface area contributed by atoms with Crippen LogP contribution in [-0.2, 0) is 0 Å². The van der Waals surface area contributed by atoms with E-state index in [1.807, 2.05) is 33.8 Å². The zero-order valence-corrected chi connectivity index (χ0v) is 24.9. The molecule has 5 rings (SSSR count). The largest absolute Gasteiger partial charge is 0.401 e. The first-order chi connectivity index (χ1) is 20.0. The molecule has 0 bridgehead atoms. The molecule has 2 aliphatic rings. The average molecular weight is 572 g/mol. The van der Waals surface area contributed by atoms with Crippen molar-refractivity contribution in [3.63, 3.8) is 0 Å². The van der Waals surface area contributed by atoms with Crippen LogP contribution in [0.25, 0.3) is 11.0 Å². The van der Waals surface area contributed by atoms with E-state index in [-0.39, 0.29) is 11.3 Å². The van der Waals surface area contributed by atoms with E-state index in [0.29, 0.717) is 51.6 Å². The number of fused-ring (bicyclic) bond motifs is 1. The van der Waals surface area contributed by atoms with Crippen molar-refractivity contribution in [2.75, 3.05) is 42.1 Å². The minimum atomic E-state index is -0.417. The molecular formula is C30H41N11O. The Morgan fingerprint density at radius 2 is 1.79 bits per heavy atom. The molecule has 2 fully saturated rings. The van der Waals surface area contributed by atoms with Gasteiger partial charge in [-0.05, 0) is 69.5 Å². The topological polar surface area (TPSA) is 175 Å². The molecule has 2 saturated heterocycles. The number of amides is 1. The number of benzene rings is 1. The number of carbonyl (C=O) groups is 1. The van der Waals surface area contributed by atoms with Crippen molar-refractivity contribution in [2.24, 2.45) is 11.1 Å².